The fourth-order valence-electron chi connectivity index (χ4n) is 3.34. The quantitative estimate of drug-likeness (QED) is 0.473. The number of alkyl carbamates (subject to hydrolysis) is 1. The fourth-order valence-corrected chi connectivity index (χ4v) is 4.57. The van der Waals surface area contributed by atoms with Gasteiger partial charge >= 0.3 is 12.1 Å². The van der Waals surface area contributed by atoms with Crippen molar-refractivity contribution < 1.29 is 39.1 Å². The van der Waals surface area contributed by atoms with Crippen molar-refractivity contribution in [3.05, 3.63) is 29.8 Å². The van der Waals surface area contributed by atoms with Crippen molar-refractivity contribution in [3.8, 4) is 0 Å². The van der Waals surface area contributed by atoms with Crippen molar-refractivity contribution in [2.45, 2.75) is 53.6 Å². The third-order valence-electron chi connectivity index (χ3n) is 4.81. The van der Waals surface area contributed by atoms with E-state index < -0.39 is 54.1 Å². The average molecular weight is 413 g/mol. The molecular formula is C18H23NO8S. The summed E-state index contributed by atoms with van der Waals surface area (Å²) in [6.07, 6.45) is -5.81. The Labute approximate surface area is 166 Å². The Morgan fingerprint density at radius 3 is 2.68 bits per heavy atom. The number of rotatable bonds is 6. The number of aliphatic hydroxyl groups excluding tert-OH is 3. The number of benzene rings is 1. The molecule has 1 aromatic rings. The van der Waals surface area contributed by atoms with E-state index in [1.54, 1.807) is 0 Å². The van der Waals surface area contributed by atoms with Crippen LogP contribution in [0, 0.1) is 6.92 Å². The number of ether oxygens (including phenoxy) is 3. The van der Waals surface area contributed by atoms with E-state index in [-0.39, 0.29) is 6.42 Å². The van der Waals surface area contributed by atoms with Gasteiger partial charge in [0.25, 0.3) is 0 Å². The molecule has 1 aromatic carbocycles. The van der Waals surface area contributed by atoms with Crippen molar-refractivity contribution >= 4 is 23.8 Å². The second-order valence-electron chi connectivity index (χ2n) is 6.80. The van der Waals surface area contributed by atoms with Crippen LogP contribution >= 0.6 is 11.8 Å². The molecule has 0 spiro atoms. The van der Waals surface area contributed by atoms with Crippen LogP contribution in [0.2, 0.25) is 0 Å². The number of aryl methyl sites for hydroxylation is 1. The molecule has 0 radical (unpaired) electrons. The maximum absolute atomic E-state index is 12.7. The lowest BCUT2D eigenvalue weighted by Gasteiger charge is -2.44. The van der Waals surface area contributed by atoms with Gasteiger partial charge in [-0.1, -0.05) is 29.5 Å². The van der Waals surface area contributed by atoms with E-state index in [4.69, 9.17) is 14.2 Å². The molecule has 9 nitrogen and oxygen atoms in total. The molecule has 0 saturated carbocycles. The SMILES string of the molecule is COC(=O)C1(Sc2ccc(C)cc2)C[C@H]2OC(=O)NC2[C@H]([C@H](O)[C@H](O)CO)O1. The molecule has 4 N–H and O–H groups in total. The van der Waals surface area contributed by atoms with Crippen molar-refractivity contribution in [1.82, 2.24) is 5.32 Å². The van der Waals surface area contributed by atoms with E-state index >= 15 is 0 Å². The molecule has 0 aliphatic carbocycles. The van der Waals surface area contributed by atoms with E-state index in [9.17, 15) is 24.9 Å². The van der Waals surface area contributed by atoms with Crippen molar-refractivity contribution in [1.29, 1.82) is 0 Å². The summed E-state index contributed by atoms with van der Waals surface area (Å²) in [6, 6.07) is 6.58. The van der Waals surface area contributed by atoms with Gasteiger partial charge in [0.05, 0.1) is 19.8 Å². The van der Waals surface area contributed by atoms with E-state index in [0.29, 0.717) is 4.90 Å². The Hall–Kier alpha value is -1.85. The van der Waals surface area contributed by atoms with Crippen LogP contribution in [0.1, 0.15) is 12.0 Å². The highest BCUT2D eigenvalue weighted by molar-refractivity contribution is 8.01. The molecule has 1 amide bonds. The summed E-state index contributed by atoms with van der Waals surface area (Å²) < 4.78 is 16.2. The summed E-state index contributed by atoms with van der Waals surface area (Å²) in [7, 11) is 1.21. The third kappa shape index (κ3) is 3.96. The molecule has 6 atom stereocenters. The Bertz CT molecular complexity index is 729. The zero-order valence-electron chi connectivity index (χ0n) is 15.4. The standard InChI is InChI=1S/C18H23NO8S/c1-9-3-5-10(6-4-9)28-18(16(23)25-2)7-12-13(19-17(24)26-12)15(27-18)14(22)11(21)8-20/h3-6,11-15,20-22H,7-8H2,1-2H3,(H,19,24)/t11-,12-,13?,14-,15-,18?/m1/s1. The number of aliphatic hydroxyl groups is 3. The van der Waals surface area contributed by atoms with E-state index in [1.165, 1.54) is 7.11 Å². The molecule has 154 valence electrons. The zero-order valence-corrected chi connectivity index (χ0v) is 16.2. The van der Waals surface area contributed by atoms with Crippen LogP contribution in [0.4, 0.5) is 4.79 Å². The Morgan fingerprint density at radius 2 is 2.07 bits per heavy atom. The molecular weight excluding hydrogens is 390 g/mol. The molecule has 3 rings (SSSR count). The first-order chi connectivity index (χ1) is 13.3. The van der Waals surface area contributed by atoms with E-state index in [2.05, 4.69) is 5.32 Å². The number of esters is 1. The van der Waals surface area contributed by atoms with Crippen molar-refractivity contribution in [2.24, 2.45) is 0 Å². The maximum atomic E-state index is 12.7. The number of methoxy groups -OCH3 is 1. The number of carbonyl (C=O) groups excluding carboxylic acids is 2. The largest absolute Gasteiger partial charge is 0.466 e. The van der Waals surface area contributed by atoms with Crippen LogP contribution in [0.3, 0.4) is 0 Å². The normalized spacial score (nSPS) is 31.3. The second-order valence-corrected chi connectivity index (χ2v) is 8.14. The third-order valence-corrected chi connectivity index (χ3v) is 6.08. The summed E-state index contributed by atoms with van der Waals surface area (Å²) in [4.78, 5) is 23.6. The minimum Gasteiger partial charge on any atom is -0.466 e. The number of fused-ring (bicyclic) bond motifs is 1. The summed E-state index contributed by atoms with van der Waals surface area (Å²) >= 11 is 1.07. The molecule has 2 heterocycles. The zero-order chi connectivity index (χ0) is 20.5. The number of hydrogen-bond acceptors (Lipinski definition) is 9. The van der Waals surface area contributed by atoms with Crippen molar-refractivity contribution in [2.75, 3.05) is 13.7 Å². The first kappa shape index (κ1) is 20.9. The Balaban J connectivity index is 1.97. The molecule has 2 aliphatic heterocycles. The fraction of sp³-hybridized carbons (Fsp3) is 0.556. The lowest BCUT2D eigenvalue weighted by atomic mass is 9.90. The minimum absolute atomic E-state index is 0.0138. The van der Waals surface area contributed by atoms with Gasteiger partial charge < -0.3 is 34.8 Å². The first-order valence-corrected chi connectivity index (χ1v) is 9.57. The van der Waals surface area contributed by atoms with Crippen molar-refractivity contribution in [3.63, 3.8) is 0 Å². The van der Waals surface area contributed by atoms with Crippen LogP contribution in [0.25, 0.3) is 0 Å². The monoisotopic (exact) mass is 413 g/mol. The Kier molecular flexibility index (Phi) is 6.15. The lowest BCUT2D eigenvalue weighted by molar-refractivity contribution is -0.199. The van der Waals surface area contributed by atoms with Gasteiger partial charge in [0.2, 0.25) is 4.93 Å². The highest BCUT2D eigenvalue weighted by Crippen LogP contribution is 2.46. The topological polar surface area (TPSA) is 135 Å². The minimum atomic E-state index is -1.61. The smallest absolute Gasteiger partial charge is 0.407 e. The molecule has 2 unspecified atom stereocenters. The summed E-state index contributed by atoms with van der Waals surface area (Å²) in [5.41, 5.74) is 1.04. The van der Waals surface area contributed by atoms with E-state index in [1.807, 2.05) is 31.2 Å². The number of amides is 1. The maximum Gasteiger partial charge on any atom is 0.407 e. The molecule has 10 heteroatoms. The molecule has 2 saturated heterocycles. The highest BCUT2D eigenvalue weighted by atomic mass is 32.2. The lowest BCUT2D eigenvalue weighted by Crippen LogP contribution is -2.63. The molecule has 2 aliphatic rings. The van der Waals surface area contributed by atoms with Gasteiger partial charge in [0.15, 0.2) is 0 Å². The van der Waals surface area contributed by atoms with Crippen LogP contribution in [0.5, 0.6) is 0 Å². The highest BCUT2D eigenvalue weighted by Gasteiger charge is 2.59. The van der Waals surface area contributed by atoms with Crippen LogP contribution in [-0.4, -0.2) is 76.5 Å². The van der Waals surface area contributed by atoms with Crippen LogP contribution in [-0.2, 0) is 19.0 Å². The number of thioether (sulfide) groups is 1. The van der Waals surface area contributed by atoms with Gasteiger partial charge in [0, 0.05) is 11.3 Å². The molecule has 0 bridgehead atoms. The number of carbonyl (C=O) groups is 2. The molecule has 28 heavy (non-hydrogen) atoms. The molecule has 2 fully saturated rings. The van der Waals surface area contributed by atoms with E-state index in [0.717, 1.165) is 17.3 Å². The van der Waals surface area contributed by atoms with Gasteiger partial charge in [0.1, 0.15) is 24.4 Å². The van der Waals surface area contributed by atoms with Crippen LogP contribution in [0.15, 0.2) is 29.2 Å². The van der Waals surface area contributed by atoms with Gasteiger partial charge in [-0.25, -0.2) is 9.59 Å². The molecule has 0 aromatic heterocycles. The van der Waals surface area contributed by atoms with Gasteiger partial charge in [-0.3, -0.25) is 0 Å². The Morgan fingerprint density at radius 1 is 1.39 bits per heavy atom. The predicted octanol–water partition coefficient (Wildman–Crippen LogP) is -0.0636. The average Bonchev–Trinajstić information content (AvgIpc) is 3.06. The summed E-state index contributed by atoms with van der Waals surface area (Å²) in [6.45, 7) is 1.21. The summed E-state index contributed by atoms with van der Waals surface area (Å²) in [5.74, 6) is -0.713. The first-order valence-electron chi connectivity index (χ1n) is 8.75. The predicted molar refractivity (Wildman–Crippen MR) is 97.6 cm³/mol. The van der Waals surface area contributed by atoms with Gasteiger partial charge in [-0.2, -0.15) is 0 Å². The van der Waals surface area contributed by atoms with Crippen LogP contribution < -0.4 is 5.32 Å². The number of nitrogens with one attached hydrogen (secondary N) is 1. The number of hydrogen-bond donors (Lipinski definition) is 4. The van der Waals surface area contributed by atoms with Gasteiger partial charge in [-0.05, 0) is 19.1 Å². The second kappa shape index (κ2) is 8.26. The summed E-state index contributed by atoms with van der Waals surface area (Å²) in [5, 5.41) is 32.1. The van der Waals surface area contributed by atoms with Gasteiger partial charge in [-0.15, -0.1) is 0 Å².